The van der Waals surface area contributed by atoms with Gasteiger partial charge in [-0.3, -0.25) is 14.4 Å². The maximum absolute atomic E-state index is 12.3. The van der Waals surface area contributed by atoms with Crippen LogP contribution in [0.3, 0.4) is 0 Å². The molecular weight excluding hydrogens is 467 g/mol. The first kappa shape index (κ1) is 21.6. The van der Waals surface area contributed by atoms with E-state index in [0.29, 0.717) is 23.2 Å². The summed E-state index contributed by atoms with van der Waals surface area (Å²) < 4.78 is 8.44. The van der Waals surface area contributed by atoms with Gasteiger partial charge in [0, 0.05) is 26.2 Å². The van der Waals surface area contributed by atoms with Crippen molar-refractivity contribution in [3.8, 4) is 0 Å². The van der Waals surface area contributed by atoms with Crippen LogP contribution in [-0.4, -0.2) is 52.9 Å². The van der Waals surface area contributed by atoms with Gasteiger partial charge in [0.2, 0.25) is 5.91 Å². The fraction of sp³-hybridized carbons (Fsp3) is 0.474. The third-order valence-electron chi connectivity index (χ3n) is 4.73. The number of carbonyl (C=O) groups excluding carboxylic acids is 1. The van der Waals surface area contributed by atoms with Crippen LogP contribution < -0.4 is 5.32 Å². The summed E-state index contributed by atoms with van der Waals surface area (Å²) in [5.74, 6) is -0.0803. The first-order chi connectivity index (χ1) is 13.3. The topological polar surface area (TPSA) is 59.4 Å². The van der Waals surface area contributed by atoms with Crippen molar-refractivity contribution >= 4 is 45.0 Å². The van der Waals surface area contributed by atoms with E-state index in [2.05, 4.69) is 31.2 Å². The van der Waals surface area contributed by atoms with E-state index in [0.717, 1.165) is 41.1 Å². The van der Waals surface area contributed by atoms with Gasteiger partial charge in [0.25, 0.3) is 0 Å². The summed E-state index contributed by atoms with van der Waals surface area (Å²) in [5, 5.41) is 8.44. The van der Waals surface area contributed by atoms with Crippen LogP contribution in [0.15, 0.2) is 22.7 Å². The molecule has 2 aromatic rings. The number of morpholine rings is 1. The van der Waals surface area contributed by atoms with Gasteiger partial charge in [-0.15, -0.1) is 0 Å². The Morgan fingerprint density at radius 1 is 1.36 bits per heavy atom. The number of aryl methyl sites for hydroxylation is 1. The van der Waals surface area contributed by atoms with Gasteiger partial charge in [-0.25, -0.2) is 0 Å². The van der Waals surface area contributed by atoms with Crippen LogP contribution in [0.5, 0.6) is 0 Å². The molecule has 1 aliphatic heterocycles. The molecule has 3 rings (SSSR count). The minimum atomic E-state index is -0.0803. The van der Waals surface area contributed by atoms with Gasteiger partial charge in [0.1, 0.15) is 6.54 Å². The summed E-state index contributed by atoms with van der Waals surface area (Å²) in [6, 6.07) is 5.68. The molecule has 1 saturated heterocycles. The molecule has 0 saturated carbocycles. The monoisotopic (exact) mass is 488 g/mol. The Balaban J connectivity index is 1.48. The second-order valence-electron chi connectivity index (χ2n) is 6.92. The van der Waals surface area contributed by atoms with Crippen molar-refractivity contribution in [3.05, 3.63) is 49.7 Å². The summed E-state index contributed by atoms with van der Waals surface area (Å²) in [6.45, 7) is 7.48. The minimum Gasteiger partial charge on any atom is -0.374 e. The molecular formula is C19H23BrCl2N4O2. The molecule has 1 fully saturated rings. The molecule has 0 aliphatic carbocycles. The molecule has 1 N–H and O–H groups in total. The molecule has 0 bridgehead atoms. The molecule has 1 aromatic carbocycles. The van der Waals surface area contributed by atoms with E-state index in [1.54, 1.807) is 4.68 Å². The van der Waals surface area contributed by atoms with Gasteiger partial charge >= 0.3 is 0 Å². The second kappa shape index (κ2) is 9.59. The quantitative estimate of drug-likeness (QED) is 0.673. The zero-order chi connectivity index (χ0) is 20.3. The van der Waals surface area contributed by atoms with Crippen LogP contribution >= 0.6 is 39.1 Å². The zero-order valence-electron chi connectivity index (χ0n) is 15.8. The smallest absolute Gasteiger partial charge is 0.241 e. The van der Waals surface area contributed by atoms with Crippen molar-refractivity contribution < 1.29 is 9.53 Å². The van der Waals surface area contributed by atoms with Gasteiger partial charge in [0.15, 0.2) is 0 Å². The Labute approximate surface area is 183 Å². The van der Waals surface area contributed by atoms with E-state index in [9.17, 15) is 4.79 Å². The van der Waals surface area contributed by atoms with Gasteiger partial charge in [-0.2, -0.15) is 5.10 Å². The normalized spacial score (nSPS) is 17.7. The van der Waals surface area contributed by atoms with E-state index in [4.69, 9.17) is 27.9 Å². The number of hydrogen-bond donors (Lipinski definition) is 1. The van der Waals surface area contributed by atoms with E-state index >= 15 is 0 Å². The van der Waals surface area contributed by atoms with Gasteiger partial charge in [0.05, 0.1) is 38.6 Å². The lowest BCUT2D eigenvalue weighted by Gasteiger charge is -2.33. The van der Waals surface area contributed by atoms with Crippen LogP contribution in [0.4, 0.5) is 0 Å². The molecule has 152 valence electrons. The lowest BCUT2D eigenvalue weighted by atomic mass is 10.2. The number of aromatic nitrogens is 2. The van der Waals surface area contributed by atoms with Gasteiger partial charge < -0.3 is 10.1 Å². The Morgan fingerprint density at radius 2 is 2.14 bits per heavy atom. The molecule has 1 amide bonds. The number of amides is 1. The lowest BCUT2D eigenvalue weighted by Crippen LogP contribution is -2.47. The first-order valence-corrected chi connectivity index (χ1v) is 10.6. The summed E-state index contributed by atoms with van der Waals surface area (Å²) in [5.41, 5.74) is 2.92. The molecule has 1 unspecified atom stereocenters. The Bertz CT molecular complexity index is 859. The molecule has 1 atom stereocenters. The van der Waals surface area contributed by atoms with E-state index < -0.39 is 0 Å². The van der Waals surface area contributed by atoms with Crippen LogP contribution in [0.2, 0.25) is 10.0 Å². The lowest BCUT2D eigenvalue weighted by molar-refractivity contribution is -0.123. The highest BCUT2D eigenvalue weighted by Gasteiger charge is 2.21. The van der Waals surface area contributed by atoms with Gasteiger partial charge in [-0.05, 0) is 47.5 Å². The maximum atomic E-state index is 12.3. The summed E-state index contributed by atoms with van der Waals surface area (Å²) in [7, 11) is 0. The molecule has 6 nitrogen and oxygen atoms in total. The van der Waals surface area contributed by atoms with E-state index in [1.165, 1.54) is 0 Å². The first-order valence-electron chi connectivity index (χ1n) is 9.07. The maximum Gasteiger partial charge on any atom is 0.241 e. The highest BCUT2D eigenvalue weighted by Crippen LogP contribution is 2.23. The fourth-order valence-electron chi connectivity index (χ4n) is 3.19. The number of nitrogens with one attached hydrogen (secondary N) is 1. The van der Waals surface area contributed by atoms with Gasteiger partial charge in [-0.1, -0.05) is 29.3 Å². The fourth-order valence-corrected chi connectivity index (χ4v) is 3.80. The standard InChI is InChI=1S/C19H23BrCl2N4O2/c1-12-19(20)13(2)26(24-12)11-18(27)23-8-15-10-25(5-6-28-15)9-14-3-4-16(21)17(22)7-14/h3-4,7,15H,5-6,8-11H2,1-2H3,(H,23,27). The number of nitrogens with zero attached hydrogens (tertiary/aromatic N) is 3. The molecule has 1 aromatic heterocycles. The number of hydrogen-bond acceptors (Lipinski definition) is 4. The largest absolute Gasteiger partial charge is 0.374 e. The predicted molar refractivity (Wildman–Crippen MR) is 114 cm³/mol. The average molecular weight is 490 g/mol. The molecule has 28 heavy (non-hydrogen) atoms. The molecule has 0 radical (unpaired) electrons. The number of ether oxygens (including phenoxy) is 1. The van der Waals surface area contributed by atoms with Crippen molar-refractivity contribution in [2.24, 2.45) is 0 Å². The molecule has 9 heteroatoms. The minimum absolute atomic E-state index is 0.0485. The van der Waals surface area contributed by atoms with Crippen LogP contribution in [0.25, 0.3) is 0 Å². The predicted octanol–water partition coefficient (Wildman–Crippen LogP) is 3.59. The number of rotatable bonds is 6. The summed E-state index contributed by atoms with van der Waals surface area (Å²) in [6.07, 6.45) is -0.0485. The van der Waals surface area contributed by atoms with Crippen LogP contribution in [0.1, 0.15) is 17.0 Å². The summed E-state index contributed by atoms with van der Waals surface area (Å²) >= 11 is 15.6. The van der Waals surface area contributed by atoms with Crippen molar-refractivity contribution in [3.63, 3.8) is 0 Å². The molecule has 1 aliphatic rings. The van der Waals surface area contributed by atoms with Crippen molar-refractivity contribution in [2.45, 2.75) is 33.0 Å². The van der Waals surface area contributed by atoms with Crippen molar-refractivity contribution in [1.82, 2.24) is 20.0 Å². The summed E-state index contributed by atoms with van der Waals surface area (Å²) in [4.78, 5) is 14.6. The third kappa shape index (κ3) is 5.48. The average Bonchev–Trinajstić information content (AvgIpc) is 2.90. The van der Waals surface area contributed by atoms with Crippen molar-refractivity contribution in [2.75, 3.05) is 26.2 Å². The SMILES string of the molecule is Cc1nn(CC(=O)NCC2CN(Cc3ccc(Cl)c(Cl)c3)CCO2)c(C)c1Br. The van der Waals surface area contributed by atoms with Crippen molar-refractivity contribution in [1.29, 1.82) is 0 Å². The van der Waals surface area contributed by atoms with Crippen LogP contribution in [-0.2, 0) is 22.6 Å². The Kier molecular flexibility index (Phi) is 7.39. The highest BCUT2D eigenvalue weighted by molar-refractivity contribution is 9.10. The molecule has 0 spiro atoms. The Morgan fingerprint density at radius 3 is 2.82 bits per heavy atom. The number of carbonyl (C=O) groups is 1. The Hall–Kier alpha value is -1.12. The zero-order valence-corrected chi connectivity index (χ0v) is 18.9. The van der Waals surface area contributed by atoms with E-state index in [-0.39, 0.29) is 18.6 Å². The number of halogens is 3. The second-order valence-corrected chi connectivity index (χ2v) is 8.53. The highest BCUT2D eigenvalue weighted by atomic mass is 79.9. The van der Waals surface area contributed by atoms with Crippen LogP contribution in [0, 0.1) is 13.8 Å². The third-order valence-corrected chi connectivity index (χ3v) is 6.61. The number of benzene rings is 1. The molecule has 2 heterocycles. The van der Waals surface area contributed by atoms with E-state index in [1.807, 2.05) is 32.0 Å².